The maximum atomic E-state index is 13.1. The molecule has 0 spiro atoms. The summed E-state index contributed by atoms with van der Waals surface area (Å²) in [6, 6.07) is 4.38. The third kappa shape index (κ3) is 3.54. The van der Waals surface area contributed by atoms with E-state index in [4.69, 9.17) is 16.3 Å². The zero-order valence-electron chi connectivity index (χ0n) is 15.6. The average molecular weight is 429 g/mol. The van der Waals surface area contributed by atoms with Crippen molar-refractivity contribution in [3.05, 3.63) is 33.2 Å². The summed E-state index contributed by atoms with van der Waals surface area (Å²) in [5, 5.41) is 9.31. The number of nitrogens with zero attached hydrogens (tertiary/aromatic N) is 3. The molecule has 0 unspecified atom stereocenters. The van der Waals surface area contributed by atoms with Gasteiger partial charge in [-0.1, -0.05) is 11.6 Å². The van der Waals surface area contributed by atoms with E-state index in [9.17, 15) is 23.2 Å². The minimum Gasteiger partial charge on any atom is -0.381 e. The van der Waals surface area contributed by atoms with Gasteiger partial charge in [0.1, 0.15) is 5.54 Å². The molecule has 0 bridgehead atoms. The Bertz CT molecular complexity index is 1010. The number of halogens is 4. The highest BCUT2D eigenvalue weighted by Crippen LogP contribution is 2.38. The Morgan fingerprint density at radius 1 is 1.24 bits per heavy atom. The fourth-order valence-corrected chi connectivity index (χ4v) is 4.75. The van der Waals surface area contributed by atoms with Crippen molar-refractivity contribution < 1.29 is 17.9 Å². The van der Waals surface area contributed by atoms with Crippen molar-refractivity contribution in [1.82, 2.24) is 14.5 Å². The molecule has 3 heterocycles. The molecule has 2 fully saturated rings. The fraction of sp³-hybridized carbons (Fsp3) is 0.579. The number of fused-ring (bicyclic) bond motifs is 1. The van der Waals surface area contributed by atoms with Crippen LogP contribution in [-0.4, -0.2) is 46.3 Å². The lowest BCUT2D eigenvalue weighted by Gasteiger charge is -2.44. The Morgan fingerprint density at radius 3 is 2.48 bits per heavy atom. The van der Waals surface area contributed by atoms with E-state index in [1.165, 1.54) is 10.6 Å². The van der Waals surface area contributed by atoms with Gasteiger partial charge in [0.2, 0.25) is 0 Å². The van der Waals surface area contributed by atoms with Crippen LogP contribution in [0.4, 0.5) is 13.2 Å². The molecule has 0 saturated carbocycles. The smallest absolute Gasteiger partial charge is 0.381 e. The second-order valence-electron chi connectivity index (χ2n) is 7.62. The Balaban J connectivity index is 1.60. The molecular weight excluding hydrogens is 409 g/mol. The maximum Gasteiger partial charge on any atom is 0.417 e. The molecule has 0 aliphatic carbocycles. The SMILES string of the molecule is N#CC1(N2CCC(n3c(=O)[nH]c4cc(C(F)(F)F)c(Cl)cc43)CC2)CCOCC1. The molecule has 1 N–H and O–H groups in total. The Hall–Kier alpha value is -2.02. The van der Waals surface area contributed by atoms with Gasteiger partial charge in [-0.2, -0.15) is 18.4 Å². The molecule has 2 saturated heterocycles. The topological polar surface area (TPSA) is 74.0 Å². The van der Waals surface area contributed by atoms with Crippen LogP contribution in [0.25, 0.3) is 11.0 Å². The van der Waals surface area contributed by atoms with Crippen LogP contribution < -0.4 is 5.69 Å². The number of imidazole rings is 1. The van der Waals surface area contributed by atoms with E-state index in [0.717, 1.165) is 6.07 Å². The molecule has 2 aliphatic heterocycles. The lowest BCUT2D eigenvalue weighted by Crippen LogP contribution is -2.54. The quantitative estimate of drug-likeness (QED) is 0.791. The van der Waals surface area contributed by atoms with Gasteiger partial charge in [0.05, 0.1) is 27.7 Å². The first-order chi connectivity index (χ1) is 13.7. The van der Waals surface area contributed by atoms with E-state index >= 15 is 0 Å². The fourth-order valence-electron chi connectivity index (χ4n) is 4.49. The molecule has 0 amide bonds. The van der Waals surface area contributed by atoms with Gasteiger partial charge in [0, 0.05) is 45.2 Å². The number of hydrogen-bond donors (Lipinski definition) is 1. The number of hydrogen-bond acceptors (Lipinski definition) is 4. The van der Waals surface area contributed by atoms with Gasteiger partial charge in [-0.3, -0.25) is 9.47 Å². The van der Waals surface area contributed by atoms with Crippen molar-refractivity contribution in [2.75, 3.05) is 26.3 Å². The first-order valence-electron chi connectivity index (χ1n) is 9.50. The van der Waals surface area contributed by atoms with Crippen LogP contribution in [0.3, 0.4) is 0 Å². The number of ether oxygens (including phenoxy) is 1. The standard InChI is InChI=1S/C19H20ClF3N4O2/c20-14-10-16-15(9-13(14)19(21,22)23)25-17(28)27(16)12-1-5-26(6-2-12)18(11-24)3-7-29-8-4-18/h9-10,12H,1-8H2,(H,25,28). The number of alkyl halides is 3. The van der Waals surface area contributed by atoms with Crippen LogP contribution >= 0.6 is 11.6 Å². The van der Waals surface area contributed by atoms with Gasteiger partial charge in [-0.15, -0.1) is 0 Å². The van der Waals surface area contributed by atoms with Crippen molar-refractivity contribution in [2.45, 2.75) is 43.4 Å². The van der Waals surface area contributed by atoms with Crippen molar-refractivity contribution in [3.8, 4) is 6.07 Å². The van der Waals surface area contributed by atoms with Crippen LogP contribution in [0.1, 0.15) is 37.3 Å². The number of nitriles is 1. The third-order valence-corrected chi connectivity index (χ3v) is 6.39. The Morgan fingerprint density at radius 2 is 1.90 bits per heavy atom. The Kier molecular flexibility index (Phi) is 5.13. The van der Waals surface area contributed by atoms with Gasteiger partial charge >= 0.3 is 11.9 Å². The van der Waals surface area contributed by atoms with E-state index in [1.54, 1.807) is 0 Å². The summed E-state index contributed by atoms with van der Waals surface area (Å²) in [6.07, 6.45) is -2.05. The zero-order chi connectivity index (χ0) is 20.8. The summed E-state index contributed by atoms with van der Waals surface area (Å²) >= 11 is 5.86. The lowest BCUT2D eigenvalue weighted by atomic mass is 9.87. The highest BCUT2D eigenvalue weighted by atomic mass is 35.5. The highest BCUT2D eigenvalue weighted by Gasteiger charge is 2.41. The van der Waals surface area contributed by atoms with Crippen LogP contribution in [0.2, 0.25) is 5.02 Å². The molecule has 10 heteroatoms. The zero-order valence-corrected chi connectivity index (χ0v) is 16.3. The molecule has 6 nitrogen and oxygen atoms in total. The lowest BCUT2D eigenvalue weighted by molar-refractivity contribution is -0.137. The van der Waals surface area contributed by atoms with Gasteiger partial charge in [-0.25, -0.2) is 4.79 Å². The number of likely N-dealkylation sites (tertiary alicyclic amines) is 1. The molecule has 1 aromatic heterocycles. The summed E-state index contributed by atoms with van der Waals surface area (Å²) in [6.45, 7) is 2.36. The number of aromatic nitrogens is 2. The summed E-state index contributed by atoms with van der Waals surface area (Å²) < 4.78 is 46.2. The van der Waals surface area contributed by atoms with Gasteiger partial charge < -0.3 is 9.72 Å². The molecule has 2 aromatic rings. The minimum absolute atomic E-state index is 0.118. The van der Waals surface area contributed by atoms with E-state index < -0.39 is 28.0 Å². The second-order valence-corrected chi connectivity index (χ2v) is 8.03. The average Bonchev–Trinajstić information content (AvgIpc) is 3.02. The monoisotopic (exact) mass is 428 g/mol. The van der Waals surface area contributed by atoms with Gasteiger partial charge in [0.15, 0.2) is 0 Å². The molecule has 29 heavy (non-hydrogen) atoms. The van der Waals surface area contributed by atoms with E-state index in [2.05, 4.69) is 16.0 Å². The second kappa shape index (κ2) is 7.35. The molecule has 0 radical (unpaired) electrons. The maximum absolute atomic E-state index is 13.1. The van der Waals surface area contributed by atoms with E-state index in [1.807, 2.05) is 0 Å². The number of aromatic amines is 1. The van der Waals surface area contributed by atoms with E-state index in [0.29, 0.717) is 57.5 Å². The summed E-state index contributed by atoms with van der Waals surface area (Å²) in [5.74, 6) is 0. The van der Waals surface area contributed by atoms with Crippen LogP contribution in [0, 0.1) is 11.3 Å². The van der Waals surface area contributed by atoms with Crippen LogP contribution in [0.15, 0.2) is 16.9 Å². The summed E-state index contributed by atoms with van der Waals surface area (Å²) in [5.41, 5.74) is -1.47. The molecular formula is C19H20ClF3N4O2. The number of piperidine rings is 1. The van der Waals surface area contributed by atoms with Crippen molar-refractivity contribution in [2.24, 2.45) is 0 Å². The number of rotatable bonds is 2. The molecule has 2 aliphatic rings. The number of H-pyrrole nitrogens is 1. The van der Waals surface area contributed by atoms with Crippen LogP contribution in [0.5, 0.6) is 0 Å². The Labute approximate surface area is 169 Å². The predicted molar refractivity (Wildman–Crippen MR) is 101 cm³/mol. The predicted octanol–water partition coefficient (Wildman–Crippen LogP) is 3.71. The van der Waals surface area contributed by atoms with Crippen LogP contribution in [-0.2, 0) is 10.9 Å². The largest absolute Gasteiger partial charge is 0.417 e. The highest BCUT2D eigenvalue weighted by molar-refractivity contribution is 6.32. The van der Waals surface area contributed by atoms with Crippen molar-refractivity contribution >= 4 is 22.6 Å². The first-order valence-corrected chi connectivity index (χ1v) is 9.88. The number of nitrogens with one attached hydrogen (secondary N) is 1. The summed E-state index contributed by atoms with van der Waals surface area (Å²) in [7, 11) is 0. The number of benzene rings is 1. The minimum atomic E-state index is -4.59. The molecule has 156 valence electrons. The molecule has 0 atom stereocenters. The summed E-state index contributed by atoms with van der Waals surface area (Å²) in [4.78, 5) is 17.2. The van der Waals surface area contributed by atoms with Crippen molar-refractivity contribution in [1.29, 1.82) is 5.26 Å². The third-order valence-electron chi connectivity index (χ3n) is 6.07. The molecule has 1 aromatic carbocycles. The van der Waals surface area contributed by atoms with Gasteiger partial charge in [-0.05, 0) is 25.0 Å². The first kappa shape index (κ1) is 20.3. The van der Waals surface area contributed by atoms with Crippen molar-refractivity contribution in [3.63, 3.8) is 0 Å². The normalized spacial score (nSPS) is 21.3. The van der Waals surface area contributed by atoms with Gasteiger partial charge in [0.25, 0.3) is 0 Å². The molecule has 4 rings (SSSR count). The van der Waals surface area contributed by atoms with E-state index in [-0.39, 0.29) is 11.6 Å².